The summed E-state index contributed by atoms with van der Waals surface area (Å²) in [6.45, 7) is 1.57. The van der Waals surface area contributed by atoms with E-state index in [0.29, 0.717) is 5.95 Å². The number of nitrogens with two attached hydrogens (primary N) is 1. The van der Waals surface area contributed by atoms with Gasteiger partial charge < -0.3 is 16.0 Å². The summed E-state index contributed by atoms with van der Waals surface area (Å²) < 4.78 is 0.860. The Morgan fingerprint density at radius 1 is 1.56 bits per heavy atom. The van der Waals surface area contributed by atoms with Crippen LogP contribution in [-0.2, 0) is 4.79 Å². The highest BCUT2D eigenvalue weighted by Crippen LogP contribution is 2.28. The summed E-state index contributed by atoms with van der Waals surface area (Å²) in [4.78, 5) is 21.8. The third-order valence-electron chi connectivity index (χ3n) is 3.15. The van der Waals surface area contributed by atoms with Crippen LogP contribution in [0.3, 0.4) is 0 Å². The molecule has 3 N–H and O–H groups in total. The number of amides is 1. The average Bonchev–Trinajstić information content (AvgIpc) is 2.39. The van der Waals surface area contributed by atoms with E-state index in [-0.39, 0.29) is 11.8 Å². The summed E-state index contributed by atoms with van der Waals surface area (Å²) >= 11 is 3.45. The minimum Gasteiger partial charge on any atom is -0.369 e. The molecular weight excluding hydrogens is 298 g/mol. The Morgan fingerprint density at radius 3 is 2.78 bits per heavy atom. The maximum atomic E-state index is 11.1. The van der Waals surface area contributed by atoms with Gasteiger partial charge in [-0.1, -0.05) is 0 Å². The number of carbonyl (C=O) groups excluding carboxylic acids is 1. The van der Waals surface area contributed by atoms with Gasteiger partial charge in [-0.15, -0.1) is 0 Å². The van der Waals surface area contributed by atoms with E-state index in [2.05, 4.69) is 36.1 Å². The van der Waals surface area contributed by atoms with Crippen molar-refractivity contribution in [2.24, 2.45) is 11.7 Å². The molecule has 1 aromatic rings. The van der Waals surface area contributed by atoms with Crippen LogP contribution in [0.15, 0.2) is 10.7 Å². The monoisotopic (exact) mass is 313 g/mol. The van der Waals surface area contributed by atoms with Gasteiger partial charge in [0.2, 0.25) is 11.9 Å². The number of anilines is 2. The number of halogens is 1. The molecule has 1 aliphatic heterocycles. The van der Waals surface area contributed by atoms with E-state index in [0.717, 1.165) is 36.2 Å². The molecule has 0 bridgehead atoms. The zero-order valence-corrected chi connectivity index (χ0v) is 11.8. The molecule has 7 heteroatoms. The maximum absolute atomic E-state index is 11.1. The van der Waals surface area contributed by atoms with Gasteiger partial charge in [0.05, 0.1) is 4.47 Å². The number of nitrogens with zero attached hydrogens (tertiary/aromatic N) is 3. The van der Waals surface area contributed by atoms with Crippen molar-refractivity contribution in [3.63, 3.8) is 0 Å². The predicted octanol–water partition coefficient (Wildman–Crippen LogP) is 0.983. The summed E-state index contributed by atoms with van der Waals surface area (Å²) in [6.07, 6.45) is 3.29. The van der Waals surface area contributed by atoms with Gasteiger partial charge in [0, 0.05) is 32.3 Å². The number of nitrogens with one attached hydrogen (secondary N) is 1. The molecule has 18 heavy (non-hydrogen) atoms. The first-order valence-electron chi connectivity index (χ1n) is 5.86. The van der Waals surface area contributed by atoms with Gasteiger partial charge in [0.1, 0.15) is 5.82 Å². The molecule has 1 amide bonds. The van der Waals surface area contributed by atoms with Crippen LogP contribution in [0.25, 0.3) is 0 Å². The smallest absolute Gasteiger partial charge is 0.224 e. The lowest BCUT2D eigenvalue weighted by Crippen LogP contribution is -2.39. The summed E-state index contributed by atoms with van der Waals surface area (Å²) in [5.74, 6) is 1.24. The first-order valence-corrected chi connectivity index (χ1v) is 6.65. The molecule has 0 saturated carbocycles. The second-order valence-electron chi connectivity index (χ2n) is 4.28. The highest BCUT2D eigenvalue weighted by Gasteiger charge is 2.25. The standard InChI is InChI=1S/C11H16BrN5O/c1-14-11-15-6-8(12)10(16-11)17-4-2-7(3-5-17)9(13)18/h6-7H,2-5H2,1H3,(H2,13,18)(H,14,15,16). The third-order valence-corrected chi connectivity index (χ3v) is 3.71. The maximum Gasteiger partial charge on any atom is 0.224 e. The van der Waals surface area contributed by atoms with E-state index in [4.69, 9.17) is 5.73 Å². The van der Waals surface area contributed by atoms with E-state index in [1.807, 2.05) is 0 Å². The van der Waals surface area contributed by atoms with Crippen LogP contribution in [0.5, 0.6) is 0 Å². The molecule has 1 fully saturated rings. The zero-order chi connectivity index (χ0) is 13.1. The fourth-order valence-electron chi connectivity index (χ4n) is 2.08. The van der Waals surface area contributed by atoms with Gasteiger partial charge in [0.25, 0.3) is 0 Å². The molecule has 2 heterocycles. The SMILES string of the molecule is CNc1ncc(Br)c(N2CCC(C(N)=O)CC2)n1. The number of piperidine rings is 1. The molecule has 2 rings (SSSR count). The average molecular weight is 314 g/mol. The fraction of sp³-hybridized carbons (Fsp3) is 0.545. The van der Waals surface area contributed by atoms with Crippen molar-refractivity contribution in [1.29, 1.82) is 0 Å². The molecule has 1 aliphatic rings. The molecule has 0 unspecified atom stereocenters. The highest BCUT2D eigenvalue weighted by atomic mass is 79.9. The first kappa shape index (κ1) is 13.1. The fourth-order valence-corrected chi connectivity index (χ4v) is 2.52. The van der Waals surface area contributed by atoms with E-state index < -0.39 is 0 Å². The van der Waals surface area contributed by atoms with E-state index in [1.54, 1.807) is 13.2 Å². The molecule has 0 atom stereocenters. The van der Waals surface area contributed by atoms with Crippen molar-refractivity contribution >= 4 is 33.6 Å². The first-order chi connectivity index (χ1) is 8.61. The summed E-state index contributed by atoms with van der Waals surface area (Å²) in [5.41, 5.74) is 5.32. The van der Waals surface area contributed by atoms with Gasteiger partial charge >= 0.3 is 0 Å². The largest absolute Gasteiger partial charge is 0.369 e. The van der Waals surface area contributed by atoms with Crippen LogP contribution < -0.4 is 16.0 Å². The topological polar surface area (TPSA) is 84.1 Å². The number of rotatable bonds is 3. The lowest BCUT2D eigenvalue weighted by Gasteiger charge is -2.32. The van der Waals surface area contributed by atoms with Crippen LogP contribution in [0.1, 0.15) is 12.8 Å². The van der Waals surface area contributed by atoms with Gasteiger partial charge in [0.15, 0.2) is 0 Å². The van der Waals surface area contributed by atoms with Crippen LogP contribution >= 0.6 is 15.9 Å². The second-order valence-corrected chi connectivity index (χ2v) is 5.13. The summed E-state index contributed by atoms with van der Waals surface area (Å²) in [7, 11) is 1.78. The van der Waals surface area contributed by atoms with Crippen molar-refractivity contribution in [3.05, 3.63) is 10.7 Å². The van der Waals surface area contributed by atoms with Crippen LogP contribution in [0, 0.1) is 5.92 Å². The van der Waals surface area contributed by atoms with Crippen molar-refractivity contribution in [3.8, 4) is 0 Å². The Morgan fingerprint density at radius 2 is 2.22 bits per heavy atom. The zero-order valence-electron chi connectivity index (χ0n) is 10.2. The van der Waals surface area contributed by atoms with Gasteiger partial charge in [-0.3, -0.25) is 4.79 Å². The van der Waals surface area contributed by atoms with Crippen molar-refractivity contribution in [2.45, 2.75) is 12.8 Å². The number of aromatic nitrogens is 2. The molecule has 0 aromatic carbocycles. The molecule has 1 saturated heterocycles. The lowest BCUT2D eigenvalue weighted by atomic mass is 9.96. The number of hydrogen-bond acceptors (Lipinski definition) is 5. The van der Waals surface area contributed by atoms with Crippen LogP contribution in [0.4, 0.5) is 11.8 Å². The molecular formula is C11H16BrN5O. The molecule has 0 aliphatic carbocycles. The summed E-state index contributed by atoms with van der Waals surface area (Å²) in [5, 5.41) is 2.92. The van der Waals surface area contributed by atoms with E-state index >= 15 is 0 Å². The number of primary amides is 1. The molecule has 0 spiro atoms. The predicted molar refractivity (Wildman–Crippen MR) is 73.4 cm³/mol. The number of carbonyl (C=O) groups is 1. The van der Waals surface area contributed by atoms with Crippen molar-refractivity contribution in [1.82, 2.24) is 9.97 Å². The van der Waals surface area contributed by atoms with E-state index in [1.165, 1.54) is 0 Å². The quantitative estimate of drug-likeness (QED) is 0.869. The van der Waals surface area contributed by atoms with Crippen LogP contribution in [0.2, 0.25) is 0 Å². The molecule has 1 aromatic heterocycles. The minimum atomic E-state index is -0.202. The Bertz CT molecular complexity index is 445. The van der Waals surface area contributed by atoms with Crippen LogP contribution in [-0.4, -0.2) is 36.0 Å². The second kappa shape index (κ2) is 5.51. The molecule has 6 nitrogen and oxygen atoms in total. The van der Waals surface area contributed by atoms with Crippen molar-refractivity contribution < 1.29 is 4.79 Å². The number of hydrogen-bond donors (Lipinski definition) is 2. The lowest BCUT2D eigenvalue weighted by molar-refractivity contribution is -0.122. The van der Waals surface area contributed by atoms with Gasteiger partial charge in [-0.25, -0.2) is 4.98 Å². The molecule has 98 valence electrons. The van der Waals surface area contributed by atoms with Crippen molar-refractivity contribution in [2.75, 3.05) is 30.4 Å². The normalized spacial score (nSPS) is 16.7. The minimum absolute atomic E-state index is 0.00867. The Hall–Kier alpha value is -1.37. The summed E-state index contributed by atoms with van der Waals surface area (Å²) in [6, 6.07) is 0. The third kappa shape index (κ3) is 2.72. The molecule has 0 radical (unpaired) electrons. The highest BCUT2D eigenvalue weighted by molar-refractivity contribution is 9.10. The van der Waals surface area contributed by atoms with Gasteiger partial charge in [-0.05, 0) is 28.8 Å². The van der Waals surface area contributed by atoms with E-state index in [9.17, 15) is 4.79 Å². The Kier molecular flexibility index (Phi) is 4.00. The Labute approximate surface area is 114 Å². The van der Waals surface area contributed by atoms with Gasteiger partial charge in [-0.2, -0.15) is 4.98 Å². The Balaban J connectivity index is 2.11.